The number of carbonyl (C=O) groups excluding carboxylic acids is 2. The standard InChI is InChI=1S/C17H19F3N2O2S/c18-17(19,20)10-25-14-4-2-1-3-13(14)21-16(24)12-7-15(23)22(9-12)8-11-5-6-11/h1-4,11-12H,5-10H2,(H,21,24). The van der Waals surface area contributed by atoms with Gasteiger partial charge in [-0.2, -0.15) is 13.2 Å². The van der Waals surface area contributed by atoms with Crippen molar-refractivity contribution in [3.05, 3.63) is 24.3 Å². The van der Waals surface area contributed by atoms with E-state index >= 15 is 0 Å². The third kappa shape index (κ3) is 5.14. The van der Waals surface area contributed by atoms with Crippen molar-refractivity contribution in [1.82, 2.24) is 4.90 Å². The Hall–Kier alpha value is -1.70. The summed E-state index contributed by atoms with van der Waals surface area (Å²) < 4.78 is 37.3. The van der Waals surface area contributed by atoms with Gasteiger partial charge >= 0.3 is 6.18 Å². The Bertz CT molecular complexity index is 662. The maximum Gasteiger partial charge on any atom is 0.398 e. The number of thioether (sulfide) groups is 1. The molecule has 1 aromatic carbocycles. The van der Waals surface area contributed by atoms with Gasteiger partial charge < -0.3 is 10.2 Å². The van der Waals surface area contributed by atoms with Crippen molar-refractivity contribution in [2.75, 3.05) is 24.2 Å². The predicted octanol–water partition coefficient (Wildman–Crippen LogP) is 3.54. The highest BCUT2D eigenvalue weighted by Gasteiger charge is 2.37. The molecule has 25 heavy (non-hydrogen) atoms. The Kier molecular flexibility index (Phi) is 5.27. The first-order valence-corrected chi connectivity index (χ1v) is 9.17. The molecule has 1 saturated carbocycles. The van der Waals surface area contributed by atoms with Crippen LogP contribution in [0.25, 0.3) is 0 Å². The van der Waals surface area contributed by atoms with Gasteiger partial charge in [0.1, 0.15) is 0 Å². The number of alkyl halides is 3. The molecule has 1 aliphatic heterocycles. The van der Waals surface area contributed by atoms with Gasteiger partial charge in [-0.3, -0.25) is 9.59 Å². The summed E-state index contributed by atoms with van der Waals surface area (Å²) in [5.41, 5.74) is 0.356. The number of nitrogens with one attached hydrogen (secondary N) is 1. The molecule has 2 amide bonds. The van der Waals surface area contributed by atoms with Crippen molar-refractivity contribution < 1.29 is 22.8 Å². The van der Waals surface area contributed by atoms with E-state index in [4.69, 9.17) is 0 Å². The van der Waals surface area contributed by atoms with Crippen LogP contribution in [0, 0.1) is 11.8 Å². The second-order valence-corrected chi connectivity index (χ2v) is 7.55. The number of hydrogen-bond donors (Lipinski definition) is 1. The Morgan fingerprint density at radius 1 is 1.28 bits per heavy atom. The lowest BCUT2D eigenvalue weighted by atomic mass is 10.1. The van der Waals surface area contributed by atoms with Crippen LogP contribution in [0.1, 0.15) is 19.3 Å². The summed E-state index contributed by atoms with van der Waals surface area (Å²) in [6.45, 7) is 1.10. The highest BCUT2D eigenvalue weighted by molar-refractivity contribution is 7.99. The van der Waals surface area contributed by atoms with Crippen LogP contribution < -0.4 is 5.32 Å². The van der Waals surface area contributed by atoms with Crippen LogP contribution in [0.4, 0.5) is 18.9 Å². The molecular formula is C17H19F3N2O2S. The average molecular weight is 372 g/mol. The molecule has 1 unspecified atom stereocenters. The van der Waals surface area contributed by atoms with Gasteiger partial charge in [0, 0.05) is 24.4 Å². The van der Waals surface area contributed by atoms with E-state index in [9.17, 15) is 22.8 Å². The molecule has 1 aromatic rings. The minimum atomic E-state index is -4.27. The van der Waals surface area contributed by atoms with Gasteiger partial charge in [-0.1, -0.05) is 12.1 Å². The number of para-hydroxylation sites is 1. The SMILES string of the molecule is O=C(Nc1ccccc1SCC(F)(F)F)C1CC(=O)N(CC2CC2)C1. The highest BCUT2D eigenvalue weighted by Crippen LogP contribution is 2.34. The molecular weight excluding hydrogens is 353 g/mol. The summed E-state index contributed by atoms with van der Waals surface area (Å²) in [4.78, 5) is 26.5. The summed E-state index contributed by atoms with van der Waals surface area (Å²) in [6.07, 6.45) is -1.85. The Labute approximate surface area is 148 Å². The van der Waals surface area contributed by atoms with Gasteiger partial charge in [-0.15, -0.1) is 11.8 Å². The summed E-state index contributed by atoms with van der Waals surface area (Å²) in [5.74, 6) is -1.24. The van der Waals surface area contributed by atoms with Crippen LogP contribution in [0.2, 0.25) is 0 Å². The Morgan fingerprint density at radius 2 is 2.00 bits per heavy atom. The van der Waals surface area contributed by atoms with E-state index in [1.165, 1.54) is 0 Å². The molecule has 1 aliphatic carbocycles. The molecule has 2 aliphatic rings. The van der Waals surface area contributed by atoms with Crippen LogP contribution in [0.3, 0.4) is 0 Å². The largest absolute Gasteiger partial charge is 0.398 e. The molecule has 136 valence electrons. The van der Waals surface area contributed by atoms with Crippen molar-refractivity contribution >= 4 is 29.3 Å². The lowest BCUT2D eigenvalue weighted by Gasteiger charge is -2.17. The molecule has 0 spiro atoms. The quantitative estimate of drug-likeness (QED) is 0.777. The van der Waals surface area contributed by atoms with Gasteiger partial charge in [0.25, 0.3) is 0 Å². The molecule has 1 N–H and O–H groups in total. The average Bonchev–Trinajstić information content (AvgIpc) is 3.28. The molecule has 0 aromatic heterocycles. The zero-order valence-corrected chi connectivity index (χ0v) is 14.3. The lowest BCUT2D eigenvalue weighted by Crippen LogP contribution is -2.30. The monoisotopic (exact) mass is 372 g/mol. The van der Waals surface area contributed by atoms with Crippen LogP contribution in [0.15, 0.2) is 29.2 Å². The first-order chi connectivity index (χ1) is 11.8. The Morgan fingerprint density at radius 3 is 2.68 bits per heavy atom. The fourth-order valence-electron chi connectivity index (χ4n) is 2.83. The van der Waals surface area contributed by atoms with E-state index < -0.39 is 17.8 Å². The van der Waals surface area contributed by atoms with Crippen LogP contribution >= 0.6 is 11.8 Å². The smallest absolute Gasteiger partial charge is 0.342 e. The number of anilines is 1. The van der Waals surface area contributed by atoms with E-state index in [1.54, 1.807) is 29.2 Å². The molecule has 1 heterocycles. The minimum Gasteiger partial charge on any atom is -0.342 e. The zero-order chi connectivity index (χ0) is 18.0. The van der Waals surface area contributed by atoms with Crippen molar-refractivity contribution in [1.29, 1.82) is 0 Å². The minimum absolute atomic E-state index is 0.0215. The summed E-state index contributed by atoms with van der Waals surface area (Å²) in [5, 5.41) is 2.69. The van der Waals surface area contributed by atoms with E-state index in [0.717, 1.165) is 12.8 Å². The van der Waals surface area contributed by atoms with Gasteiger partial charge in [0.2, 0.25) is 11.8 Å². The molecule has 8 heteroatoms. The first-order valence-electron chi connectivity index (χ1n) is 8.19. The lowest BCUT2D eigenvalue weighted by molar-refractivity contribution is -0.128. The third-order valence-electron chi connectivity index (χ3n) is 4.30. The molecule has 1 saturated heterocycles. The van der Waals surface area contributed by atoms with Crippen molar-refractivity contribution in [2.24, 2.45) is 11.8 Å². The highest BCUT2D eigenvalue weighted by atomic mass is 32.2. The summed E-state index contributed by atoms with van der Waals surface area (Å²) >= 11 is 0.639. The van der Waals surface area contributed by atoms with Crippen molar-refractivity contribution in [2.45, 2.75) is 30.3 Å². The third-order valence-corrected chi connectivity index (χ3v) is 5.44. The molecule has 3 rings (SSSR count). The van der Waals surface area contributed by atoms with Gasteiger partial charge in [-0.05, 0) is 30.9 Å². The fourth-order valence-corrected chi connectivity index (χ4v) is 3.60. The number of halogens is 3. The molecule has 2 fully saturated rings. The number of hydrogen-bond acceptors (Lipinski definition) is 3. The Balaban J connectivity index is 1.60. The van der Waals surface area contributed by atoms with Crippen molar-refractivity contribution in [3.63, 3.8) is 0 Å². The topological polar surface area (TPSA) is 49.4 Å². The first kappa shape index (κ1) is 18.1. The number of nitrogens with zero attached hydrogens (tertiary/aromatic N) is 1. The van der Waals surface area contributed by atoms with E-state index in [2.05, 4.69) is 5.32 Å². The molecule has 1 atom stereocenters. The van der Waals surface area contributed by atoms with E-state index in [-0.39, 0.29) is 18.2 Å². The number of rotatable bonds is 6. The predicted molar refractivity (Wildman–Crippen MR) is 89.3 cm³/mol. The number of likely N-dealkylation sites (tertiary alicyclic amines) is 1. The van der Waals surface area contributed by atoms with Gasteiger partial charge in [0.05, 0.1) is 17.4 Å². The van der Waals surface area contributed by atoms with E-state index in [1.807, 2.05) is 0 Å². The van der Waals surface area contributed by atoms with Crippen LogP contribution in [0.5, 0.6) is 0 Å². The summed E-state index contributed by atoms with van der Waals surface area (Å²) in [7, 11) is 0. The molecule has 0 bridgehead atoms. The summed E-state index contributed by atoms with van der Waals surface area (Å²) in [6, 6.07) is 6.41. The van der Waals surface area contributed by atoms with Crippen LogP contribution in [-0.2, 0) is 9.59 Å². The fraction of sp³-hybridized carbons (Fsp3) is 0.529. The normalized spacial score (nSPS) is 20.8. The van der Waals surface area contributed by atoms with Gasteiger partial charge in [0.15, 0.2) is 0 Å². The maximum atomic E-state index is 12.4. The van der Waals surface area contributed by atoms with Crippen LogP contribution in [-0.4, -0.2) is 41.7 Å². The van der Waals surface area contributed by atoms with E-state index in [0.29, 0.717) is 41.4 Å². The second-order valence-electron chi connectivity index (χ2n) is 6.53. The molecule has 0 radical (unpaired) electrons. The number of carbonyl (C=O) groups is 2. The maximum absolute atomic E-state index is 12.4. The number of amides is 2. The number of benzene rings is 1. The zero-order valence-electron chi connectivity index (χ0n) is 13.5. The van der Waals surface area contributed by atoms with Gasteiger partial charge in [-0.25, -0.2) is 0 Å². The van der Waals surface area contributed by atoms with Crippen molar-refractivity contribution in [3.8, 4) is 0 Å². The molecule has 4 nitrogen and oxygen atoms in total. The second kappa shape index (κ2) is 7.27.